The van der Waals surface area contributed by atoms with Gasteiger partial charge in [0.05, 0.1) is 13.2 Å². The van der Waals surface area contributed by atoms with E-state index >= 15 is 0 Å². The van der Waals surface area contributed by atoms with Crippen molar-refractivity contribution in [1.29, 1.82) is 0 Å². The van der Waals surface area contributed by atoms with Crippen LogP contribution in [0.5, 0.6) is 5.75 Å². The van der Waals surface area contributed by atoms with Gasteiger partial charge in [-0.25, -0.2) is 4.79 Å². The Morgan fingerprint density at radius 3 is 2.94 bits per heavy atom. The third kappa shape index (κ3) is 2.31. The van der Waals surface area contributed by atoms with E-state index in [1.807, 2.05) is 0 Å². The number of alkyl halides is 3. The van der Waals surface area contributed by atoms with Crippen molar-refractivity contribution >= 4 is 6.09 Å². The van der Waals surface area contributed by atoms with Crippen molar-refractivity contribution in [2.45, 2.75) is 12.2 Å². The molecule has 18 heavy (non-hydrogen) atoms. The van der Waals surface area contributed by atoms with Crippen LogP contribution in [0.1, 0.15) is 17.3 Å². The number of nitrogens with zero attached hydrogens (tertiary/aromatic N) is 1. The van der Waals surface area contributed by atoms with Crippen LogP contribution >= 0.6 is 0 Å². The molecule has 2 heterocycles. The van der Waals surface area contributed by atoms with Crippen LogP contribution in [-0.2, 0) is 10.9 Å². The Kier molecular flexibility index (Phi) is 3.02. The fourth-order valence-corrected chi connectivity index (χ4v) is 1.57. The zero-order chi connectivity index (χ0) is 13.3. The molecule has 0 aliphatic carbocycles. The second kappa shape index (κ2) is 4.35. The molecule has 2 rings (SSSR count). The predicted octanol–water partition coefficient (Wildman–Crippen LogP) is 1.89. The molecular formula is C10H9F3N2O3. The van der Waals surface area contributed by atoms with Gasteiger partial charge in [-0.3, -0.25) is 4.98 Å². The molecule has 1 amide bonds. The van der Waals surface area contributed by atoms with Gasteiger partial charge in [0.2, 0.25) is 0 Å². The van der Waals surface area contributed by atoms with Crippen molar-refractivity contribution < 1.29 is 27.4 Å². The quantitative estimate of drug-likeness (QED) is 0.839. The lowest BCUT2D eigenvalue weighted by Crippen LogP contribution is -2.29. The first kappa shape index (κ1) is 12.5. The molecule has 0 saturated carbocycles. The van der Waals surface area contributed by atoms with E-state index in [0.29, 0.717) is 5.56 Å². The van der Waals surface area contributed by atoms with Crippen LogP contribution in [-0.4, -0.2) is 24.8 Å². The lowest BCUT2D eigenvalue weighted by molar-refractivity contribution is -0.141. The first-order chi connectivity index (χ1) is 8.41. The maximum Gasteiger partial charge on any atom is 0.433 e. The highest BCUT2D eigenvalue weighted by molar-refractivity contribution is 5.68. The van der Waals surface area contributed by atoms with Gasteiger partial charge in [-0.05, 0) is 0 Å². The van der Waals surface area contributed by atoms with Gasteiger partial charge < -0.3 is 14.8 Å². The molecule has 1 aliphatic rings. The number of methoxy groups -OCH3 is 1. The van der Waals surface area contributed by atoms with E-state index in [4.69, 9.17) is 4.74 Å². The zero-order valence-corrected chi connectivity index (χ0v) is 9.25. The van der Waals surface area contributed by atoms with E-state index < -0.39 is 24.0 Å². The topological polar surface area (TPSA) is 60.5 Å². The number of aromatic nitrogens is 1. The van der Waals surface area contributed by atoms with Crippen LogP contribution in [0, 0.1) is 0 Å². The third-order valence-corrected chi connectivity index (χ3v) is 2.44. The standard InChI is InChI=1S/C10H9F3N2O3/c1-17-9(16)15-6-4-18-7-2-8(10(11,12)13)14-3-5(6)7/h2-3,6H,4H2,1H3,(H,15,16)/t6-/m1/s1. The highest BCUT2D eigenvalue weighted by Gasteiger charge is 2.35. The van der Waals surface area contributed by atoms with Gasteiger partial charge in [0.25, 0.3) is 0 Å². The molecule has 0 unspecified atom stereocenters. The number of amides is 1. The number of rotatable bonds is 1. The molecule has 1 N–H and O–H groups in total. The number of alkyl carbamates (subject to hydrolysis) is 1. The van der Waals surface area contributed by atoms with Gasteiger partial charge >= 0.3 is 12.3 Å². The summed E-state index contributed by atoms with van der Waals surface area (Å²) in [5, 5.41) is 2.44. The molecule has 0 bridgehead atoms. The summed E-state index contributed by atoms with van der Waals surface area (Å²) < 4.78 is 46.7. The fourth-order valence-electron chi connectivity index (χ4n) is 1.57. The molecule has 0 saturated heterocycles. The van der Waals surface area contributed by atoms with Gasteiger partial charge in [0.1, 0.15) is 18.1 Å². The molecule has 1 aromatic rings. The lowest BCUT2D eigenvalue weighted by atomic mass is 10.1. The van der Waals surface area contributed by atoms with E-state index in [9.17, 15) is 18.0 Å². The third-order valence-electron chi connectivity index (χ3n) is 2.44. The average molecular weight is 262 g/mol. The Hall–Kier alpha value is -1.99. The second-order valence-electron chi connectivity index (χ2n) is 3.60. The zero-order valence-electron chi connectivity index (χ0n) is 9.25. The summed E-state index contributed by atoms with van der Waals surface area (Å²) in [6.07, 6.45) is -4.16. The van der Waals surface area contributed by atoms with Crippen LogP contribution in [0.15, 0.2) is 12.3 Å². The summed E-state index contributed by atoms with van der Waals surface area (Å²) in [7, 11) is 1.19. The Labute approximate surface area is 99.9 Å². The number of halogens is 3. The van der Waals surface area contributed by atoms with Crippen molar-refractivity contribution in [2.24, 2.45) is 0 Å². The minimum atomic E-state index is -4.52. The molecule has 0 radical (unpaired) electrons. The van der Waals surface area contributed by atoms with Gasteiger partial charge in [-0.2, -0.15) is 13.2 Å². The molecule has 0 spiro atoms. The molecule has 1 aliphatic heterocycles. The van der Waals surface area contributed by atoms with E-state index in [2.05, 4.69) is 15.0 Å². The van der Waals surface area contributed by atoms with Gasteiger partial charge in [-0.15, -0.1) is 0 Å². The monoisotopic (exact) mass is 262 g/mol. The van der Waals surface area contributed by atoms with Crippen molar-refractivity contribution in [3.05, 3.63) is 23.5 Å². The number of nitrogens with one attached hydrogen (secondary N) is 1. The Morgan fingerprint density at radius 1 is 1.61 bits per heavy atom. The van der Waals surface area contributed by atoms with Gasteiger partial charge in [0, 0.05) is 17.8 Å². The number of hydrogen-bond acceptors (Lipinski definition) is 4. The van der Waals surface area contributed by atoms with Crippen molar-refractivity contribution in [3.63, 3.8) is 0 Å². The van der Waals surface area contributed by atoms with Gasteiger partial charge in [-0.1, -0.05) is 0 Å². The molecule has 1 atom stereocenters. The number of carbonyl (C=O) groups excluding carboxylic acids is 1. The SMILES string of the molecule is COC(=O)N[C@@H]1COc2cc(C(F)(F)F)ncc21. The highest BCUT2D eigenvalue weighted by atomic mass is 19.4. The molecule has 1 aromatic heterocycles. The average Bonchev–Trinajstić information content (AvgIpc) is 2.70. The summed E-state index contributed by atoms with van der Waals surface area (Å²) in [4.78, 5) is 14.3. The minimum absolute atomic E-state index is 0.0490. The van der Waals surface area contributed by atoms with E-state index in [0.717, 1.165) is 12.3 Å². The molecule has 98 valence electrons. The summed E-state index contributed by atoms with van der Waals surface area (Å²) in [5.74, 6) is 0.0683. The van der Waals surface area contributed by atoms with Gasteiger partial charge in [0.15, 0.2) is 0 Å². The first-order valence-electron chi connectivity index (χ1n) is 4.96. The van der Waals surface area contributed by atoms with E-state index in [-0.39, 0.29) is 12.4 Å². The minimum Gasteiger partial charge on any atom is -0.491 e. The molecule has 5 nitrogen and oxygen atoms in total. The van der Waals surface area contributed by atoms with Crippen LogP contribution in [0.3, 0.4) is 0 Å². The molecule has 8 heteroatoms. The summed E-state index contributed by atoms with van der Waals surface area (Å²) in [6.45, 7) is 0.0490. The normalized spacial score (nSPS) is 17.9. The number of carbonyl (C=O) groups is 1. The Balaban J connectivity index is 2.23. The Bertz CT molecular complexity index is 476. The molecule has 0 aromatic carbocycles. The van der Waals surface area contributed by atoms with Crippen molar-refractivity contribution in [2.75, 3.05) is 13.7 Å². The number of ether oxygens (including phenoxy) is 2. The van der Waals surface area contributed by atoms with E-state index in [1.54, 1.807) is 0 Å². The molecule has 0 fully saturated rings. The largest absolute Gasteiger partial charge is 0.491 e. The summed E-state index contributed by atoms with van der Waals surface area (Å²) in [5.41, 5.74) is -0.631. The second-order valence-corrected chi connectivity index (χ2v) is 3.60. The predicted molar refractivity (Wildman–Crippen MR) is 53.0 cm³/mol. The summed E-state index contributed by atoms with van der Waals surface area (Å²) in [6, 6.07) is 0.260. The maximum absolute atomic E-state index is 12.4. The number of fused-ring (bicyclic) bond motifs is 1. The van der Waals surface area contributed by atoms with Crippen LogP contribution in [0.2, 0.25) is 0 Å². The fraction of sp³-hybridized carbons (Fsp3) is 0.400. The number of pyridine rings is 1. The maximum atomic E-state index is 12.4. The number of hydrogen-bond donors (Lipinski definition) is 1. The first-order valence-corrected chi connectivity index (χ1v) is 4.96. The Morgan fingerprint density at radius 2 is 2.33 bits per heavy atom. The highest BCUT2D eigenvalue weighted by Crippen LogP contribution is 2.36. The summed E-state index contributed by atoms with van der Waals surface area (Å²) >= 11 is 0. The van der Waals surface area contributed by atoms with Crippen molar-refractivity contribution in [1.82, 2.24) is 10.3 Å². The molecular weight excluding hydrogens is 253 g/mol. The van der Waals surface area contributed by atoms with Crippen molar-refractivity contribution in [3.8, 4) is 5.75 Å². The smallest absolute Gasteiger partial charge is 0.433 e. The van der Waals surface area contributed by atoms with Crippen LogP contribution < -0.4 is 10.1 Å². The van der Waals surface area contributed by atoms with E-state index in [1.165, 1.54) is 7.11 Å². The lowest BCUT2D eigenvalue weighted by Gasteiger charge is -2.10. The van der Waals surface area contributed by atoms with Crippen LogP contribution in [0.25, 0.3) is 0 Å². The van der Waals surface area contributed by atoms with Crippen LogP contribution in [0.4, 0.5) is 18.0 Å².